The number of hydrogen-bond acceptors (Lipinski definition) is 3. The summed E-state index contributed by atoms with van der Waals surface area (Å²) in [4.78, 5) is 11.3. The summed E-state index contributed by atoms with van der Waals surface area (Å²) in [5.41, 5.74) is 1.47. The maximum atomic E-state index is 10.2. The van der Waals surface area contributed by atoms with Gasteiger partial charge in [-0.3, -0.25) is 0 Å². The Labute approximate surface area is 70.0 Å². The van der Waals surface area contributed by atoms with Gasteiger partial charge < -0.3 is 0 Å². The first-order chi connectivity index (χ1) is 5.27. The molecule has 0 aliphatic heterocycles. The van der Waals surface area contributed by atoms with E-state index >= 15 is 0 Å². The van der Waals surface area contributed by atoms with Crippen LogP contribution in [0.2, 0.25) is 0 Å². The van der Waals surface area contributed by atoms with Crippen LogP contribution in [0.15, 0.2) is 28.3 Å². The highest BCUT2D eigenvalue weighted by molar-refractivity contribution is 7.98. The van der Waals surface area contributed by atoms with Crippen LogP contribution in [0.25, 0.3) is 0 Å². The van der Waals surface area contributed by atoms with E-state index in [2.05, 4.69) is 5.18 Å². The first-order valence-electron chi connectivity index (χ1n) is 3.26. The molecule has 0 atom stereocenters. The van der Waals surface area contributed by atoms with Crippen molar-refractivity contribution in [2.75, 3.05) is 6.26 Å². The van der Waals surface area contributed by atoms with Crippen molar-refractivity contribution in [2.24, 2.45) is 5.18 Å². The quantitative estimate of drug-likeness (QED) is 0.500. The molecule has 0 bridgehead atoms. The fourth-order valence-corrected chi connectivity index (χ4v) is 1.36. The maximum absolute atomic E-state index is 10.2. The van der Waals surface area contributed by atoms with E-state index < -0.39 is 0 Å². The maximum Gasteiger partial charge on any atom is 0.110 e. The van der Waals surface area contributed by atoms with Crippen LogP contribution >= 0.6 is 11.8 Å². The SMILES string of the molecule is CSc1ccc(N=O)c(C)c1. The lowest BCUT2D eigenvalue weighted by Gasteiger charge is -1.98. The minimum absolute atomic E-state index is 0.530. The third-order valence-electron chi connectivity index (χ3n) is 1.50. The van der Waals surface area contributed by atoms with Gasteiger partial charge in [-0.25, -0.2) is 0 Å². The van der Waals surface area contributed by atoms with Crippen LogP contribution in [-0.2, 0) is 0 Å². The Kier molecular flexibility index (Phi) is 2.65. The molecule has 0 aromatic heterocycles. The van der Waals surface area contributed by atoms with Crippen molar-refractivity contribution < 1.29 is 0 Å². The molecule has 1 rings (SSSR count). The van der Waals surface area contributed by atoms with Crippen molar-refractivity contribution in [3.05, 3.63) is 28.7 Å². The molecule has 0 aliphatic rings. The number of aryl methyl sites for hydroxylation is 1. The zero-order valence-corrected chi connectivity index (χ0v) is 7.31. The molecule has 0 N–H and O–H groups in total. The second-order valence-corrected chi connectivity index (χ2v) is 3.12. The van der Waals surface area contributed by atoms with Crippen molar-refractivity contribution in [1.29, 1.82) is 0 Å². The van der Waals surface area contributed by atoms with Crippen LogP contribution in [0.3, 0.4) is 0 Å². The van der Waals surface area contributed by atoms with Gasteiger partial charge in [0.2, 0.25) is 0 Å². The first-order valence-corrected chi connectivity index (χ1v) is 4.48. The van der Waals surface area contributed by atoms with Crippen LogP contribution in [0.4, 0.5) is 5.69 Å². The molecule has 0 aliphatic carbocycles. The minimum atomic E-state index is 0.530. The molecular weight excluding hydrogens is 158 g/mol. The summed E-state index contributed by atoms with van der Waals surface area (Å²) < 4.78 is 0. The number of rotatable bonds is 2. The third-order valence-corrected chi connectivity index (χ3v) is 2.23. The summed E-state index contributed by atoms with van der Waals surface area (Å²) in [7, 11) is 0. The number of nitroso groups, excluding NO2 is 1. The largest absolute Gasteiger partial charge is 0.145 e. The van der Waals surface area contributed by atoms with Crippen molar-refractivity contribution in [2.45, 2.75) is 11.8 Å². The molecule has 0 saturated carbocycles. The Balaban J connectivity index is 3.09. The van der Waals surface area contributed by atoms with E-state index in [4.69, 9.17) is 0 Å². The fourth-order valence-electron chi connectivity index (χ4n) is 0.857. The molecule has 3 heteroatoms. The van der Waals surface area contributed by atoms with Gasteiger partial charge >= 0.3 is 0 Å². The average Bonchev–Trinajstić information content (AvgIpc) is 2.04. The van der Waals surface area contributed by atoms with Gasteiger partial charge in [-0.15, -0.1) is 16.7 Å². The summed E-state index contributed by atoms with van der Waals surface area (Å²) in [6.45, 7) is 1.89. The summed E-state index contributed by atoms with van der Waals surface area (Å²) in [5, 5.41) is 2.89. The van der Waals surface area contributed by atoms with Gasteiger partial charge in [0, 0.05) is 4.90 Å². The van der Waals surface area contributed by atoms with Gasteiger partial charge in [-0.05, 0) is 42.1 Å². The fraction of sp³-hybridized carbons (Fsp3) is 0.250. The normalized spacial score (nSPS) is 9.64. The van der Waals surface area contributed by atoms with E-state index in [9.17, 15) is 4.91 Å². The number of nitrogens with zero attached hydrogens (tertiary/aromatic N) is 1. The molecule has 1 aromatic carbocycles. The first kappa shape index (κ1) is 8.27. The highest BCUT2D eigenvalue weighted by Crippen LogP contribution is 2.23. The Morgan fingerprint density at radius 1 is 1.45 bits per heavy atom. The second kappa shape index (κ2) is 3.53. The van der Waals surface area contributed by atoms with Crippen LogP contribution < -0.4 is 0 Å². The van der Waals surface area contributed by atoms with Gasteiger partial charge in [0.05, 0.1) is 0 Å². The third kappa shape index (κ3) is 1.80. The average molecular weight is 167 g/mol. The van der Waals surface area contributed by atoms with Crippen molar-refractivity contribution in [3.8, 4) is 0 Å². The molecule has 0 saturated heterocycles. The van der Waals surface area contributed by atoms with E-state index in [0.717, 1.165) is 10.5 Å². The molecule has 11 heavy (non-hydrogen) atoms. The van der Waals surface area contributed by atoms with E-state index in [1.54, 1.807) is 17.8 Å². The Bertz CT molecular complexity index is 273. The van der Waals surface area contributed by atoms with Crippen LogP contribution in [0.5, 0.6) is 0 Å². The van der Waals surface area contributed by atoms with Gasteiger partial charge in [0.25, 0.3) is 0 Å². The topological polar surface area (TPSA) is 29.4 Å². The Hall–Kier alpha value is -0.830. The number of thioether (sulfide) groups is 1. The molecule has 0 fully saturated rings. The Morgan fingerprint density at radius 3 is 2.64 bits per heavy atom. The van der Waals surface area contributed by atoms with Crippen molar-refractivity contribution >= 4 is 17.4 Å². The highest BCUT2D eigenvalue weighted by Gasteiger charge is 1.97. The monoisotopic (exact) mass is 167 g/mol. The molecule has 0 spiro atoms. The predicted octanol–water partition coefficient (Wildman–Crippen LogP) is 3.11. The van der Waals surface area contributed by atoms with Crippen molar-refractivity contribution in [3.63, 3.8) is 0 Å². The summed E-state index contributed by atoms with van der Waals surface area (Å²) in [5.74, 6) is 0. The van der Waals surface area contributed by atoms with Crippen molar-refractivity contribution in [1.82, 2.24) is 0 Å². The van der Waals surface area contributed by atoms with Gasteiger partial charge in [0.1, 0.15) is 5.69 Å². The van der Waals surface area contributed by atoms with Gasteiger partial charge in [-0.2, -0.15) is 0 Å². The molecular formula is C8H9NOS. The lowest BCUT2D eigenvalue weighted by Crippen LogP contribution is -1.74. The molecule has 0 unspecified atom stereocenters. The summed E-state index contributed by atoms with van der Waals surface area (Å²) in [6.07, 6.45) is 2.00. The van der Waals surface area contributed by atoms with E-state index in [1.807, 2.05) is 25.3 Å². The standard InChI is InChI=1S/C8H9NOS/c1-6-5-7(11-2)3-4-8(6)9-10/h3-5H,1-2H3. The van der Waals surface area contributed by atoms with Gasteiger partial charge in [0.15, 0.2) is 0 Å². The number of benzene rings is 1. The second-order valence-electron chi connectivity index (χ2n) is 2.24. The zero-order chi connectivity index (χ0) is 8.27. The molecule has 0 amide bonds. The predicted molar refractivity (Wildman–Crippen MR) is 48.4 cm³/mol. The molecule has 58 valence electrons. The zero-order valence-electron chi connectivity index (χ0n) is 6.50. The summed E-state index contributed by atoms with van der Waals surface area (Å²) in [6, 6.07) is 5.60. The van der Waals surface area contributed by atoms with Crippen LogP contribution in [0.1, 0.15) is 5.56 Å². The molecule has 0 radical (unpaired) electrons. The van der Waals surface area contributed by atoms with Crippen LogP contribution in [0, 0.1) is 11.8 Å². The molecule has 2 nitrogen and oxygen atoms in total. The molecule has 1 aromatic rings. The number of hydrogen-bond donors (Lipinski definition) is 0. The van der Waals surface area contributed by atoms with Gasteiger partial charge in [-0.1, -0.05) is 0 Å². The lowest BCUT2D eigenvalue weighted by molar-refractivity contribution is 1.32. The van der Waals surface area contributed by atoms with E-state index in [1.165, 1.54) is 0 Å². The smallest absolute Gasteiger partial charge is 0.110 e. The highest BCUT2D eigenvalue weighted by atomic mass is 32.2. The lowest BCUT2D eigenvalue weighted by atomic mass is 10.2. The van der Waals surface area contributed by atoms with Crippen LogP contribution in [-0.4, -0.2) is 6.26 Å². The minimum Gasteiger partial charge on any atom is -0.145 e. The van der Waals surface area contributed by atoms with E-state index in [-0.39, 0.29) is 0 Å². The Morgan fingerprint density at radius 2 is 2.18 bits per heavy atom. The van der Waals surface area contributed by atoms with E-state index in [0.29, 0.717) is 5.69 Å². The summed E-state index contributed by atoms with van der Waals surface area (Å²) >= 11 is 1.66. The molecule has 0 heterocycles.